The summed E-state index contributed by atoms with van der Waals surface area (Å²) in [5.41, 5.74) is 1.42. The van der Waals surface area contributed by atoms with Gasteiger partial charge in [-0.25, -0.2) is 9.59 Å². The van der Waals surface area contributed by atoms with Crippen molar-refractivity contribution in [1.29, 1.82) is 0 Å². The third-order valence-electron chi connectivity index (χ3n) is 2.73. The van der Waals surface area contributed by atoms with E-state index < -0.39 is 11.9 Å². The molecule has 1 aromatic heterocycles. The van der Waals surface area contributed by atoms with E-state index in [1.165, 1.54) is 0 Å². The molecule has 0 aliphatic carbocycles. The van der Waals surface area contributed by atoms with E-state index in [0.29, 0.717) is 10.9 Å². The number of esters is 1. The van der Waals surface area contributed by atoms with Crippen LogP contribution in [0.5, 0.6) is 0 Å². The highest BCUT2D eigenvalue weighted by Crippen LogP contribution is 2.26. The summed E-state index contributed by atoms with van der Waals surface area (Å²) in [4.78, 5) is 25.8. The van der Waals surface area contributed by atoms with E-state index in [0.717, 1.165) is 5.56 Å². The molecule has 0 bridgehead atoms. The molecule has 0 atom stereocenters. The monoisotopic (exact) mass is 247 g/mol. The average molecular weight is 247 g/mol. The number of hydrogen-bond acceptors (Lipinski definition) is 3. The topological polar surface area (TPSA) is 79.4 Å². The number of ether oxygens (including phenoxy) is 1. The van der Waals surface area contributed by atoms with Gasteiger partial charge in [-0.3, -0.25) is 0 Å². The summed E-state index contributed by atoms with van der Waals surface area (Å²) in [6, 6.07) is 5.36. The molecule has 5 heteroatoms. The Bertz CT molecular complexity index is 627. The molecule has 2 aromatic rings. The molecule has 1 heterocycles. The van der Waals surface area contributed by atoms with Gasteiger partial charge in [-0.1, -0.05) is 12.1 Å². The number of benzene rings is 1. The van der Waals surface area contributed by atoms with Crippen LogP contribution in [0.15, 0.2) is 18.2 Å². The van der Waals surface area contributed by atoms with Crippen molar-refractivity contribution < 1.29 is 19.4 Å². The van der Waals surface area contributed by atoms with Gasteiger partial charge in [0.2, 0.25) is 0 Å². The minimum Gasteiger partial charge on any atom is -0.477 e. The lowest BCUT2D eigenvalue weighted by Crippen LogP contribution is -2.10. The van der Waals surface area contributed by atoms with Crippen molar-refractivity contribution in [3.05, 3.63) is 35.0 Å². The summed E-state index contributed by atoms with van der Waals surface area (Å²) >= 11 is 0. The van der Waals surface area contributed by atoms with Crippen molar-refractivity contribution >= 4 is 22.8 Å². The normalized spacial score (nSPS) is 10.6. The lowest BCUT2D eigenvalue weighted by atomic mass is 10.1. The van der Waals surface area contributed by atoms with Crippen molar-refractivity contribution in [2.45, 2.75) is 13.8 Å². The van der Waals surface area contributed by atoms with E-state index in [1.54, 1.807) is 19.1 Å². The quantitative estimate of drug-likeness (QED) is 0.816. The van der Waals surface area contributed by atoms with Gasteiger partial charge in [0.05, 0.1) is 6.61 Å². The molecule has 2 rings (SSSR count). The zero-order chi connectivity index (χ0) is 13.3. The van der Waals surface area contributed by atoms with Gasteiger partial charge >= 0.3 is 11.9 Å². The first-order valence-corrected chi connectivity index (χ1v) is 5.58. The molecule has 0 saturated heterocycles. The molecule has 0 amide bonds. The SMILES string of the molecule is CCOC(=O)c1c(C(=O)O)[nH]c2cccc(C)c12. The number of aryl methyl sites for hydroxylation is 1. The fourth-order valence-electron chi connectivity index (χ4n) is 1.99. The first kappa shape index (κ1) is 12.2. The summed E-state index contributed by atoms with van der Waals surface area (Å²) in [6.45, 7) is 3.71. The van der Waals surface area contributed by atoms with Crippen LogP contribution in [0.1, 0.15) is 33.3 Å². The zero-order valence-corrected chi connectivity index (χ0v) is 10.1. The molecule has 18 heavy (non-hydrogen) atoms. The Labute approximate surface area is 103 Å². The van der Waals surface area contributed by atoms with Crippen molar-refractivity contribution in [2.24, 2.45) is 0 Å². The standard InChI is InChI=1S/C13H13NO4/c1-3-18-13(17)10-9-7(2)5-4-6-8(9)14-11(10)12(15)16/h4-6,14H,3H2,1-2H3,(H,15,16). The van der Waals surface area contributed by atoms with Crippen molar-refractivity contribution in [1.82, 2.24) is 4.98 Å². The van der Waals surface area contributed by atoms with Gasteiger partial charge in [-0.2, -0.15) is 0 Å². The van der Waals surface area contributed by atoms with Crippen LogP contribution < -0.4 is 0 Å². The summed E-state index contributed by atoms with van der Waals surface area (Å²) < 4.78 is 4.92. The molecule has 0 fully saturated rings. The van der Waals surface area contributed by atoms with Gasteiger partial charge in [0.15, 0.2) is 0 Å². The summed E-state index contributed by atoms with van der Waals surface area (Å²) in [5.74, 6) is -1.79. The van der Waals surface area contributed by atoms with Gasteiger partial charge in [0.25, 0.3) is 0 Å². The van der Waals surface area contributed by atoms with Crippen molar-refractivity contribution in [3.8, 4) is 0 Å². The van der Waals surface area contributed by atoms with Gasteiger partial charge in [-0.05, 0) is 25.5 Å². The average Bonchev–Trinajstić information content (AvgIpc) is 2.70. The maximum absolute atomic E-state index is 11.9. The molecule has 0 radical (unpaired) electrons. The van der Waals surface area contributed by atoms with Crippen molar-refractivity contribution in [3.63, 3.8) is 0 Å². The minimum absolute atomic E-state index is 0.0949. The fraction of sp³-hybridized carbons (Fsp3) is 0.231. The Hall–Kier alpha value is -2.30. The summed E-state index contributed by atoms with van der Waals surface area (Å²) in [6.07, 6.45) is 0. The minimum atomic E-state index is -1.17. The summed E-state index contributed by atoms with van der Waals surface area (Å²) in [5, 5.41) is 9.74. The Kier molecular flexibility index (Phi) is 3.06. The molecule has 0 saturated carbocycles. The van der Waals surface area contributed by atoms with Gasteiger partial charge in [0, 0.05) is 10.9 Å². The fourth-order valence-corrected chi connectivity index (χ4v) is 1.99. The lowest BCUT2D eigenvalue weighted by molar-refractivity contribution is 0.0516. The molecule has 0 unspecified atom stereocenters. The van der Waals surface area contributed by atoms with Crippen LogP contribution in [0, 0.1) is 6.92 Å². The number of aromatic nitrogens is 1. The van der Waals surface area contributed by atoms with Gasteiger partial charge in [0.1, 0.15) is 11.3 Å². The molecule has 5 nitrogen and oxygen atoms in total. The van der Waals surface area contributed by atoms with Crippen LogP contribution in [0.3, 0.4) is 0 Å². The van der Waals surface area contributed by atoms with Gasteiger partial charge in [-0.15, -0.1) is 0 Å². The second-order valence-corrected chi connectivity index (χ2v) is 3.90. The van der Waals surface area contributed by atoms with Crippen molar-refractivity contribution in [2.75, 3.05) is 6.61 Å². The highest BCUT2D eigenvalue weighted by atomic mass is 16.5. The number of carbonyl (C=O) groups excluding carboxylic acids is 1. The number of carbonyl (C=O) groups is 2. The van der Waals surface area contributed by atoms with E-state index in [4.69, 9.17) is 9.84 Å². The van der Waals surface area contributed by atoms with E-state index in [1.807, 2.05) is 13.0 Å². The van der Waals surface area contributed by atoms with Crippen LogP contribution in [0.4, 0.5) is 0 Å². The number of hydrogen-bond donors (Lipinski definition) is 2. The van der Waals surface area contributed by atoms with Gasteiger partial charge < -0.3 is 14.8 Å². The highest BCUT2D eigenvalue weighted by Gasteiger charge is 2.24. The lowest BCUT2D eigenvalue weighted by Gasteiger charge is -2.03. The molecule has 0 spiro atoms. The number of fused-ring (bicyclic) bond motifs is 1. The van der Waals surface area contributed by atoms with Crippen LogP contribution in [-0.2, 0) is 4.74 Å². The number of aromatic amines is 1. The molecular weight excluding hydrogens is 234 g/mol. The number of carboxylic acid groups (broad SMARTS) is 1. The van der Waals surface area contributed by atoms with Crippen LogP contribution in [-0.4, -0.2) is 28.6 Å². The number of aromatic carboxylic acids is 1. The first-order valence-electron chi connectivity index (χ1n) is 5.58. The van der Waals surface area contributed by atoms with E-state index >= 15 is 0 Å². The second kappa shape index (κ2) is 4.52. The maximum atomic E-state index is 11.9. The number of nitrogens with one attached hydrogen (secondary N) is 1. The number of rotatable bonds is 3. The molecule has 2 N–H and O–H groups in total. The first-order chi connectivity index (χ1) is 8.56. The van der Waals surface area contributed by atoms with E-state index in [9.17, 15) is 9.59 Å². The van der Waals surface area contributed by atoms with Crippen LogP contribution >= 0.6 is 0 Å². The Morgan fingerprint density at radius 3 is 2.72 bits per heavy atom. The predicted molar refractivity (Wildman–Crippen MR) is 66.0 cm³/mol. The Morgan fingerprint density at radius 2 is 2.11 bits per heavy atom. The number of H-pyrrole nitrogens is 1. The Balaban J connectivity index is 2.77. The maximum Gasteiger partial charge on any atom is 0.353 e. The second-order valence-electron chi connectivity index (χ2n) is 3.90. The zero-order valence-electron chi connectivity index (χ0n) is 10.1. The smallest absolute Gasteiger partial charge is 0.353 e. The van der Waals surface area contributed by atoms with Crippen LogP contribution in [0.25, 0.3) is 10.9 Å². The predicted octanol–water partition coefficient (Wildman–Crippen LogP) is 2.35. The highest BCUT2D eigenvalue weighted by molar-refractivity contribution is 6.13. The Morgan fingerprint density at radius 1 is 1.39 bits per heavy atom. The number of carboxylic acids is 1. The molecule has 1 aromatic carbocycles. The summed E-state index contributed by atoms with van der Waals surface area (Å²) in [7, 11) is 0. The van der Waals surface area contributed by atoms with E-state index in [2.05, 4.69) is 4.98 Å². The molecular formula is C13H13NO4. The molecule has 0 aliphatic heterocycles. The third-order valence-corrected chi connectivity index (χ3v) is 2.73. The molecule has 0 aliphatic rings. The largest absolute Gasteiger partial charge is 0.477 e. The molecule has 94 valence electrons. The van der Waals surface area contributed by atoms with E-state index in [-0.39, 0.29) is 17.9 Å². The third kappa shape index (κ3) is 1.84. The van der Waals surface area contributed by atoms with Crippen LogP contribution in [0.2, 0.25) is 0 Å².